The van der Waals surface area contributed by atoms with E-state index in [1.807, 2.05) is 4.90 Å². The van der Waals surface area contributed by atoms with Gasteiger partial charge in [0.1, 0.15) is 0 Å². The number of nitrogens with zero attached hydrogens (tertiary/aromatic N) is 3. The molecule has 1 aliphatic heterocycles. The van der Waals surface area contributed by atoms with Gasteiger partial charge in [-0.3, -0.25) is 4.79 Å². The standard InChI is InChI=1S/C16H25N3O2S/c1-12-7-9-19(10-8-12)14(20)11-22-16-18-17-15(21-16)13-5-3-2-4-6-13/h12-13H,2-11H2,1H3. The van der Waals surface area contributed by atoms with E-state index < -0.39 is 0 Å². The van der Waals surface area contributed by atoms with E-state index in [2.05, 4.69) is 17.1 Å². The molecule has 22 heavy (non-hydrogen) atoms. The van der Waals surface area contributed by atoms with Crippen LogP contribution in [0.2, 0.25) is 0 Å². The lowest BCUT2D eigenvalue weighted by atomic mass is 9.89. The number of carbonyl (C=O) groups excluding carboxylic acids is 1. The molecule has 1 amide bonds. The number of thioether (sulfide) groups is 1. The van der Waals surface area contributed by atoms with Gasteiger partial charge in [-0.1, -0.05) is 37.9 Å². The van der Waals surface area contributed by atoms with Gasteiger partial charge in [0.15, 0.2) is 0 Å². The lowest BCUT2D eigenvalue weighted by molar-refractivity contribution is -0.129. The Bertz CT molecular complexity index is 491. The highest BCUT2D eigenvalue weighted by molar-refractivity contribution is 7.99. The second-order valence-corrected chi connectivity index (χ2v) is 7.52. The first-order valence-electron chi connectivity index (χ1n) is 8.46. The van der Waals surface area contributed by atoms with Gasteiger partial charge in [-0.2, -0.15) is 0 Å². The molecule has 6 heteroatoms. The summed E-state index contributed by atoms with van der Waals surface area (Å²) in [6.45, 7) is 4.03. The molecular formula is C16H25N3O2S. The molecule has 1 aromatic heterocycles. The Morgan fingerprint density at radius 1 is 1.18 bits per heavy atom. The molecule has 0 N–H and O–H groups in total. The summed E-state index contributed by atoms with van der Waals surface area (Å²) in [5.41, 5.74) is 0. The molecule has 0 atom stereocenters. The zero-order chi connectivity index (χ0) is 15.4. The molecule has 0 radical (unpaired) electrons. The van der Waals surface area contributed by atoms with Gasteiger partial charge in [-0.25, -0.2) is 0 Å². The van der Waals surface area contributed by atoms with Gasteiger partial charge < -0.3 is 9.32 Å². The molecule has 0 bridgehead atoms. The Morgan fingerprint density at radius 3 is 2.64 bits per heavy atom. The van der Waals surface area contributed by atoms with Crippen molar-refractivity contribution in [2.75, 3.05) is 18.8 Å². The highest BCUT2D eigenvalue weighted by atomic mass is 32.2. The lowest BCUT2D eigenvalue weighted by Gasteiger charge is -2.30. The van der Waals surface area contributed by atoms with E-state index in [9.17, 15) is 4.79 Å². The van der Waals surface area contributed by atoms with Crippen molar-refractivity contribution in [2.45, 2.75) is 63.0 Å². The summed E-state index contributed by atoms with van der Waals surface area (Å²) in [7, 11) is 0. The van der Waals surface area contributed by atoms with E-state index in [4.69, 9.17) is 4.42 Å². The van der Waals surface area contributed by atoms with Crippen LogP contribution in [-0.4, -0.2) is 39.8 Å². The van der Waals surface area contributed by atoms with Gasteiger partial charge in [0.05, 0.1) is 5.75 Å². The molecule has 3 rings (SSSR count). The van der Waals surface area contributed by atoms with Gasteiger partial charge in [0.25, 0.3) is 5.22 Å². The first-order valence-corrected chi connectivity index (χ1v) is 9.45. The van der Waals surface area contributed by atoms with Crippen molar-refractivity contribution in [1.82, 2.24) is 15.1 Å². The molecule has 2 aliphatic rings. The van der Waals surface area contributed by atoms with Crippen molar-refractivity contribution < 1.29 is 9.21 Å². The van der Waals surface area contributed by atoms with Gasteiger partial charge in [0.2, 0.25) is 11.8 Å². The number of aromatic nitrogens is 2. The van der Waals surface area contributed by atoms with Crippen molar-refractivity contribution >= 4 is 17.7 Å². The van der Waals surface area contributed by atoms with Crippen molar-refractivity contribution in [3.05, 3.63) is 5.89 Å². The molecule has 2 heterocycles. The topological polar surface area (TPSA) is 59.2 Å². The Kier molecular flexibility index (Phi) is 5.39. The molecule has 0 aromatic carbocycles. The predicted molar refractivity (Wildman–Crippen MR) is 85.8 cm³/mol. The third-order valence-corrected chi connectivity index (χ3v) is 5.64. The second-order valence-electron chi connectivity index (χ2n) is 6.59. The first kappa shape index (κ1) is 15.8. The fourth-order valence-corrected chi connectivity index (χ4v) is 3.94. The molecule has 1 aromatic rings. The number of hydrogen-bond acceptors (Lipinski definition) is 5. The van der Waals surface area contributed by atoms with Crippen LogP contribution in [0.3, 0.4) is 0 Å². The third-order valence-electron chi connectivity index (χ3n) is 4.83. The summed E-state index contributed by atoms with van der Waals surface area (Å²) < 4.78 is 5.75. The van der Waals surface area contributed by atoms with Crippen molar-refractivity contribution in [3.63, 3.8) is 0 Å². The van der Waals surface area contributed by atoms with E-state index in [1.165, 1.54) is 31.0 Å². The smallest absolute Gasteiger partial charge is 0.277 e. The summed E-state index contributed by atoms with van der Waals surface area (Å²) in [6, 6.07) is 0. The van der Waals surface area contributed by atoms with Crippen LogP contribution in [-0.2, 0) is 4.79 Å². The van der Waals surface area contributed by atoms with Gasteiger partial charge in [0, 0.05) is 19.0 Å². The Morgan fingerprint density at radius 2 is 1.91 bits per heavy atom. The number of amides is 1. The fourth-order valence-electron chi connectivity index (χ4n) is 3.27. The molecule has 1 saturated carbocycles. The van der Waals surface area contributed by atoms with Crippen molar-refractivity contribution in [1.29, 1.82) is 0 Å². The molecule has 1 aliphatic carbocycles. The highest BCUT2D eigenvalue weighted by Gasteiger charge is 2.23. The molecule has 1 saturated heterocycles. The van der Waals surface area contributed by atoms with Gasteiger partial charge in [-0.05, 0) is 31.6 Å². The van der Waals surface area contributed by atoms with Crippen LogP contribution < -0.4 is 0 Å². The zero-order valence-corrected chi connectivity index (χ0v) is 14.1. The highest BCUT2D eigenvalue weighted by Crippen LogP contribution is 2.33. The Balaban J connectivity index is 1.47. The largest absolute Gasteiger partial charge is 0.416 e. The molecule has 2 fully saturated rings. The Hall–Kier alpha value is -1.04. The minimum absolute atomic E-state index is 0.189. The predicted octanol–water partition coefficient (Wildman–Crippen LogP) is 3.47. The average Bonchev–Trinajstić information content (AvgIpc) is 3.03. The van der Waals surface area contributed by atoms with Crippen LogP contribution in [0, 0.1) is 5.92 Å². The van der Waals surface area contributed by atoms with E-state index in [0.29, 0.717) is 16.9 Å². The molecule has 0 spiro atoms. The molecule has 0 unspecified atom stereocenters. The fraction of sp³-hybridized carbons (Fsp3) is 0.812. The van der Waals surface area contributed by atoms with Crippen molar-refractivity contribution in [2.24, 2.45) is 5.92 Å². The minimum Gasteiger partial charge on any atom is -0.416 e. The number of piperidine rings is 1. The normalized spacial score (nSPS) is 21.2. The van der Waals surface area contributed by atoms with Crippen LogP contribution in [0.15, 0.2) is 9.64 Å². The van der Waals surface area contributed by atoms with Gasteiger partial charge >= 0.3 is 0 Å². The molecule has 5 nitrogen and oxygen atoms in total. The number of hydrogen-bond donors (Lipinski definition) is 0. The van der Waals surface area contributed by atoms with Crippen LogP contribution in [0.4, 0.5) is 0 Å². The second kappa shape index (κ2) is 7.49. The average molecular weight is 323 g/mol. The maximum Gasteiger partial charge on any atom is 0.277 e. The SMILES string of the molecule is CC1CCN(C(=O)CSc2nnc(C3CCCCC3)o2)CC1. The van der Waals surface area contributed by atoms with E-state index >= 15 is 0 Å². The quantitative estimate of drug-likeness (QED) is 0.794. The van der Waals surface area contributed by atoms with Crippen LogP contribution in [0.25, 0.3) is 0 Å². The zero-order valence-electron chi connectivity index (χ0n) is 13.3. The summed E-state index contributed by atoms with van der Waals surface area (Å²) in [5.74, 6) is 2.53. The molecule has 122 valence electrons. The minimum atomic E-state index is 0.189. The first-order chi connectivity index (χ1) is 10.7. The van der Waals surface area contributed by atoms with E-state index in [-0.39, 0.29) is 5.91 Å². The van der Waals surface area contributed by atoms with E-state index in [0.717, 1.165) is 50.6 Å². The van der Waals surface area contributed by atoms with Crippen LogP contribution >= 0.6 is 11.8 Å². The summed E-state index contributed by atoms with van der Waals surface area (Å²) in [6.07, 6.45) is 8.35. The van der Waals surface area contributed by atoms with Crippen LogP contribution in [0.1, 0.15) is 63.7 Å². The lowest BCUT2D eigenvalue weighted by Crippen LogP contribution is -2.38. The number of rotatable bonds is 4. The summed E-state index contributed by atoms with van der Waals surface area (Å²) >= 11 is 1.38. The van der Waals surface area contributed by atoms with Crippen molar-refractivity contribution in [3.8, 4) is 0 Å². The summed E-state index contributed by atoms with van der Waals surface area (Å²) in [5, 5.41) is 8.81. The molecular weight excluding hydrogens is 298 g/mol. The van der Waals surface area contributed by atoms with Crippen LogP contribution in [0.5, 0.6) is 0 Å². The number of carbonyl (C=O) groups is 1. The monoisotopic (exact) mass is 323 g/mol. The Labute approximate surface area is 136 Å². The maximum atomic E-state index is 12.2. The van der Waals surface area contributed by atoms with Gasteiger partial charge in [-0.15, -0.1) is 10.2 Å². The maximum absolute atomic E-state index is 12.2. The third kappa shape index (κ3) is 4.03. The number of likely N-dealkylation sites (tertiary alicyclic amines) is 1. The van der Waals surface area contributed by atoms with E-state index in [1.54, 1.807) is 0 Å². The summed E-state index contributed by atoms with van der Waals surface area (Å²) in [4.78, 5) is 14.2.